The lowest BCUT2D eigenvalue weighted by molar-refractivity contribution is -0.160. The van der Waals surface area contributed by atoms with Gasteiger partial charge in [0.1, 0.15) is 23.8 Å². The molecule has 0 aliphatic carbocycles. The maximum absolute atomic E-state index is 15.3. The van der Waals surface area contributed by atoms with E-state index in [1.54, 1.807) is 11.3 Å². The molecule has 6 nitrogen and oxygen atoms in total. The molecule has 0 unspecified atom stereocenters. The van der Waals surface area contributed by atoms with Crippen molar-refractivity contribution in [1.29, 1.82) is 0 Å². The van der Waals surface area contributed by atoms with Gasteiger partial charge in [0.25, 0.3) is 0 Å². The lowest BCUT2D eigenvalue weighted by atomic mass is 9.93. The third kappa shape index (κ3) is 6.28. The first-order valence-corrected chi connectivity index (χ1v) is 14.6. The van der Waals surface area contributed by atoms with Crippen LogP contribution in [0.25, 0.3) is 11.3 Å². The smallest absolute Gasteiger partial charge is 0.309 e. The average Bonchev–Trinajstić information content (AvgIpc) is 3.40. The summed E-state index contributed by atoms with van der Waals surface area (Å²) in [5.41, 5.74) is 5.96. The molecule has 0 spiro atoms. The molecule has 3 aromatic rings. The molecule has 1 N–H and O–H groups in total. The van der Waals surface area contributed by atoms with Crippen LogP contribution in [0.2, 0.25) is 0 Å². The lowest BCUT2D eigenvalue weighted by Crippen LogP contribution is -2.38. The van der Waals surface area contributed by atoms with Crippen LogP contribution in [-0.4, -0.2) is 36.2 Å². The molecule has 1 saturated heterocycles. The number of carbonyl (C=O) groups excluding carboxylic acids is 1. The van der Waals surface area contributed by atoms with Crippen molar-refractivity contribution in [1.82, 2.24) is 10.3 Å². The molecule has 2 aliphatic heterocycles. The zero-order chi connectivity index (χ0) is 27.7. The van der Waals surface area contributed by atoms with Gasteiger partial charge in [-0.25, -0.2) is 9.37 Å². The summed E-state index contributed by atoms with van der Waals surface area (Å²) in [5.74, 6) is 0.375. The molecular weight excluding hydrogens is 513 g/mol. The second-order valence-electron chi connectivity index (χ2n) is 11.6. The average molecular weight is 552 g/mol. The van der Waals surface area contributed by atoms with Gasteiger partial charge in [-0.3, -0.25) is 4.79 Å². The molecule has 8 heteroatoms. The van der Waals surface area contributed by atoms with Crippen LogP contribution in [0.15, 0.2) is 29.6 Å². The monoisotopic (exact) mass is 551 g/mol. The molecule has 5 rings (SSSR count). The van der Waals surface area contributed by atoms with Crippen molar-refractivity contribution >= 4 is 22.4 Å². The number of anilines is 1. The molecule has 2 aromatic carbocycles. The Bertz CT molecular complexity index is 1360. The molecule has 39 heavy (non-hydrogen) atoms. The van der Waals surface area contributed by atoms with Gasteiger partial charge in [0.05, 0.1) is 11.6 Å². The molecule has 208 valence electrons. The Balaban J connectivity index is 1.29. The van der Waals surface area contributed by atoms with Crippen LogP contribution in [0.4, 0.5) is 9.52 Å². The highest BCUT2D eigenvalue weighted by Crippen LogP contribution is 2.36. The van der Waals surface area contributed by atoms with Crippen LogP contribution >= 0.6 is 11.3 Å². The zero-order valence-corrected chi connectivity index (χ0v) is 24.3. The molecule has 3 heterocycles. The van der Waals surface area contributed by atoms with Crippen LogP contribution in [0.3, 0.4) is 0 Å². The van der Waals surface area contributed by atoms with E-state index in [0.29, 0.717) is 24.3 Å². The lowest BCUT2D eigenvalue weighted by Gasteiger charge is -2.32. The van der Waals surface area contributed by atoms with E-state index >= 15 is 4.39 Å². The number of hydrogen-bond acceptors (Lipinski definition) is 7. The second kappa shape index (κ2) is 11.3. The number of aromatic nitrogens is 1. The SMILES string of the molecule is Cc1ccc(OCc2cc(C)c3c(c2F)CCNC3)c(-c2csc(N3CCC(C(=O)OC(C)(C)C)CC3)n2)c1. The fraction of sp³-hybridized carbons (Fsp3) is 0.484. The third-order valence-electron chi connectivity index (χ3n) is 7.42. The number of rotatable bonds is 6. The minimum Gasteiger partial charge on any atom is -0.488 e. The minimum atomic E-state index is -0.464. The standard InChI is InChI=1S/C31H38FN3O3S/c1-19-6-7-27(37-17-22-15-20(2)25-16-33-11-8-23(25)28(22)32)24(14-19)26-18-39-30(34-26)35-12-9-21(10-13-35)29(36)38-31(3,4)5/h6-7,14-15,18,21,33H,8-13,16-17H2,1-5H3. The predicted octanol–water partition coefficient (Wildman–Crippen LogP) is 6.35. The molecule has 0 radical (unpaired) electrons. The van der Waals surface area contributed by atoms with Gasteiger partial charge < -0.3 is 19.7 Å². The van der Waals surface area contributed by atoms with Crippen molar-refractivity contribution in [2.24, 2.45) is 5.92 Å². The van der Waals surface area contributed by atoms with E-state index in [4.69, 9.17) is 14.5 Å². The maximum Gasteiger partial charge on any atom is 0.309 e. The number of aryl methyl sites for hydroxylation is 2. The third-order valence-corrected chi connectivity index (χ3v) is 8.32. The van der Waals surface area contributed by atoms with Crippen LogP contribution in [-0.2, 0) is 29.1 Å². The Labute approximate surface area is 234 Å². The van der Waals surface area contributed by atoms with Crippen LogP contribution < -0.4 is 15.0 Å². The van der Waals surface area contributed by atoms with Crippen LogP contribution in [0.5, 0.6) is 5.75 Å². The largest absolute Gasteiger partial charge is 0.488 e. The summed E-state index contributed by atoms with van der Waals surface area (Å²) in [6.07, 6.45) is 2.21. The Morgan fingerprint density at radius 2 is 1.95 bits per heavy atom. The number of halogens is 1. The normalized spacial score (nSPS) is 16.2. The van der Waals surface area contributed by atoms with E-state index in [0.717, 1.165) is 71.1 Å². The Hall–Kier alpha value is -2.97. The van der Waals surface area contributed by atoms with Gasteiger partial charge in [-0.15, -0.1) is 11.3 Å². The predicted molar refractivity (Wildman–Crippen MR) is 154 cm³/mol. The molecule has 0 saturated carbocycles. The summed E-state index contributed by atoms with van der Waals surface area (Å²) in [4.78, 5) is 19.7. The first-order chi connectivity index (χ1) is 18.6. The number of carbonyl (C=O) groups is 1. The van der Waals surface area contributed by atoms with Crippen molar-refractivity contribution in [2.45, 2.75) is 72.6 Å². The van der Waals surface area contributed by atoms with Crippen molar-refractivity contribution < 1.29 is 18.7 Å². The van der Waals surface area contributed by atoms with Gasteiger partial charge in [-0.2, -0.15) is 0 Å². The first kappa shape index (κ1) is 27.6. The zero-order valence-electron chi connectivity index (χ0n) is 23.5. The van der Waals surface area contributed by atoms with Crippen molar-refractivity contribution in [3.8, 4) is 17.0 Å². The summed E-state index contributed by atoms with van der Waals surface area (Å²) in [6.45, 7) is 13.0. The summed E-state index contributed by atoms with van der Waals surface area (Å²) in [5, 5.41) is 6.31. The number of hydrogen-bond donors (Lipinski definition) is 1. The highest BCUT2D eigenvalue weighted by atomic mass is 32.1. The number of piperidine rings is 1. The fourth-order valence-corrected chi connectivity index (χ4v) is 6.24. The van der Waals surface area contributed by atoms with Crippen LogP contribution in [0.1, 0.15) is 61.4 Å². The molecular formula is C31H38FN3O3S. The molecule has 1 aromatic heterocycles. The number of nitrogens with one attached hydrogen (secondary N) is 1. The number of thiazole rings is 1. The van der Waals surface area contributed by atoms with Gasteiger partial charge in [0.15, 0.2) is 5.13 Å². The summed E-state index contributed by atoms with van der Waals surface area (Å²) >= 11 is 1.60. The Morgan fingerprint density at radius 1 is 1.18 bits per heavy atom. The molecule has 2 aliphatic rings. The molecule has 0 amide bonds. The van der Waals surface area contributed by atoms with Gasteiger partial charge in [-0.1, -0.05) is 11.6 Å². The van der Waals surface area contributed by atoms with E-state index < -0.39 is 5.60 Å². The maximum atomic E-state index is 15.3. The number of nitrogens with zero attached hydrogens (tertiary/aromatic N) is 2. The highest BCUT2D eigenvalue weighted by Gasteiger charge is 2.30. The topological polar surface area (TPSA) is 63.7 Å². The molecule has 0 bridgehead atoms. The van der Waals surface area contributed by atoms with Crippen LogP contribution in [0, 0.1) is 25.6 Å². The number of ether oxygens (including phenoxy) is 2. The van der Waals surface area contributed by atoms with E-state index in [1.807, 2.05) is 58.2 Å². The number of esters is 1. The number of benzene rings is 2. The second-order valence-corrected chi connectivity index (χ2v) is 12.5. The van der Waals surface area contributed by atoms with Gasteiger partial charge in [-0.05, 0) is 95.3 Å². The van der Waals surface area contributed by atoms with E-state index in [1.165, 1.54) is 0 Å². The van der Waals surface area contributed by atoms with E-state index in [2.05, 4.69) is 16.3 Å². The summed E-state index contributed by atoms with van der Waals surface area (Å²) in [6, 6.07) is 7.94. The molecule has 1 fully saturated rings. The Kier molecular flexibility index (Phi) is 7.96. The highest BCUT2D eigenvalue weighted by molar-refractivity contribution is 7.14. The van der Waals surface area contributed by atoms with E-state index in [-0.39, 0.29) is 24.3 Å². The summed E-state index contributed by atoms with van der Waals surface area (Å²) in [7, 11) is 0. The van der Waals surface area contributed by atoms with Gasteiger partial charge >= 0.3 is 5.97 Å². The van der Waals surface area contributed by atoms with Crippen molar-refractivity contribution in [3.05, 3.63) is 63.3 Å². The van der Waals surface area contributed by atoms with Crippen molar-refractivity contribution in [3.63, 3.8) is 0 Å². The Morgan fingerprint density at radius 3 is 2.69 bits per heavy atom. The van der Waals surface area contributed by atoms with Gasteiger partial charge in [0, 0.05) is 36.1 Å². The van der Waals surface area contributed by atoms with Crippen molar-refractivity contribution in [2.75, 3.05) is 24.5 Å². The van der Waals surface area contributed by atoms with E-state index in [9.17, 15) is 4.79 Å². The minimum absolute atomic E-state index is 0.0689. The quantitative estimate of drug-likeness (QED) is 0.360. The first-order valence-electron chi connectivity index (χ1n) is 13.8. The fourth-order valence-electron chi connectivity index (χ4n) is 5.36. The summed E-state index contributed by atoms with van der Waals surface area (Å²) < 4.78 is 27.2. The van der Waals surface area contributed by atoms with Gasteiger partial charge in [0.2, 0.25) is 0 Å². The number of fused-ring (bicyclic) bond motifs is 1. The molecule has 0 atom stereocenters.